The van der Waals surface area contributed by atoms with Gasteiger partial charge in [-0.05, 0) is 37.5 Å². The smallest absolute Gasteiger partial charge is 0.319 e. The highest BCUT2D eigenvalue weighted by molar-refractivity contribution is 5.89. The highest BCUT2D eigenvalue weighted by Crippen LogP contribution is 2.27. The first-order valence-electron chi connectivity index (χ1n) is 10.7. The second-order valence-corrected chi connectivity index (χ2v) is 8.12. The Morgan fingerprint density at radius 3 is 2.87 bits per heavy atom. The van der Waals surface area contributed by atoms with E-state index >= 15 is 0 Å². The van der Waals surface area contributed by atoms with Gasteiger partial charge < -0.3 is 20.5 Å². The summed E-state index contributed by atoms with van der Waals surface area (Å²) in [5.41, 5.74) is 1.70. The van der Waals surface area contributed by atoms with E-state index in [1.54, 1.807) is 6.33 Å². The summed E-state index contributed by atoms with van der Waals surface area (Å²) in [5, 5.41) is 7.12. The molecule has 5 rings (SSSR count). The van der Waals surface area contributed by atoms with Gasteiger partial charge in [-0.2, -0.15) is 0 Å². The summed E-state index contributed by atoms with van der Waals surface area (Å²) < 4.78 is 0. The minimum Gasteiger partial charge on any atom is -0.354 e. The first kappa shape index (κ1) is 18.9. The number of carbonyl (C=O) groups is 1. The summed E-state index contributed by atoms with van der Waals surface area (Å²) in [4.78, 5) is 29.3. The summed E-state index contributed by atoms with van der Waals surface area (Å²) in [6.45, 7) is 3.88. The number of aromatic nitrogens is 3. The van der Waals surface area contributed by atoms with E-state index in [0.717, 1.165) is 61.6 Å². The normalized spacial score (nSPS) is 22.3. The molecule has 2 atom stereocenters. The number of nitrogens with zero attached hydrogens (tertiary/aromatic N) is 4. The summed E-state index contributed by atoms with van der Waals surface area (Å²) in [6, 6.07) is 12.1. The summed E-state index contributed by atoms with van der Waals surface area (Å²) in [5.74, 6) is 1.02. The van der Waals surface area contributed by atoms with Crippen molar-refractivity contribution in [2.45, 2.75) is 31.3 Å². The van der Waals surface area contributed by atoms with Gasteiger partial charge in [-0.15, -0.1) is 0 Å². The van der Waals surface area contributed by atoms with Crippen LogP contribution < -0.4 is 15.5 Å². The number of H-pyrrole nitrogens is 1. The largest absolute Gasteiger partial charge is 0.354 e. The zero-order valence-corrected chi connectivity index (χ0v) is 16.9. The fourth-order valence-electron chi connectivity index (χ4n) is 4.67. The topological polar surface area (TPSA) is 89.2 Å². The molecule has 8 heteroatoms. The molecule has 0 radical (unpaired) electrons. The number of fused-ring (bicyclic) bond motifs is 1. The predicted octanol–water partition coefficient (Wildman–Crippen LogP) is 2.82. The third kappa shape index (κ3) is 3.95. The van der Waals surface area contributed by atoms with Crippen LogP contribution in [0.5, 0.6) is 0 Å². The fraction of sp³-hybridized carbons (Fsp3) is 0.409. The van der Waals surface area contributed by atoms with Gasteiger partial charge in [-0.25, -0.2) is 14.8 Å². The Morgan fingerprint density at radius 1 is 1.07 bits per heavy atom. The van der Waals surface area contributed by atoms with Gasteiger partial charge in [0.15, 0.2) is 0 Å². The van der Waals surface area contributed by atoms with Crippen LogP contribution in [-0.4, -0.2) is 64.1 Å². The minimum atomic E-state index is -0.130. The maximum absolute atomic E-state index is 12.3. The van der Waals surface area contributed by atoms with Gasteiger partial charge in [0, 0.05) is 50.1 Å². The van der Waals surface area contributed by atoms with Crippen molar-refractivity contribution in [2.75, 3.05) is 36.4 Å². The molecule has 30 heavy (non-hydrogen) atoms. The van der Waals surface area contributed by atoms with E-state index in [4.69, 9.17) is 0 Å². The second-order valence-electron chi connectivity index (χ2n) is 8.12. The number of para-hydroxylation sites is 1. The monoisotopic (exact) mass is 405 g/mol. The molecule has 4 heterocycles. The minimum absolute atomic E-state index is 0.130. The quantitative estimate of drug-likeness (QED) is 0.621. The molecule has 2 saturated heterocycles. The van der Waals surface area contributed by atoms with Crippen LogP contribution >= 0.6 is 0 Å². The van der Waals surface area contributed by atoms with Gasteiger partial charge in [0.25, 0.3) is 0 Å². The average Bonchev–Trinajstić information content (AvgIpc) is 3.44. The van der Waals surface area contributed by atoms with Crippen LogP contribution in [0.1, 0.15) is 19.3 Å². The van der Waals surface area contributed by atoms with Crippen LogP contribution in [0.3, 0.4) is 0 Å². The lowest BCUT2D eigenvalue weighted by Crippen LogP contribution is -2.49. The molecule has 2 aliphatic heterocycles. The number of amides is 2. The number of urea groups is 1. The number of likely N-dealkylation sites (tertiary alicyclic amines) is 1. The Morgan fingerprint density at radius 2 is 1.97 bits per heavy atom. The van der Waals surface area contributed by atoms with Crippen LogP contribution in [0.15, 0.2) is 48.9 Å². The zero-order valence-electron chi connectivity index (χ0n) is 16.9. The molecule has 2 aliphatic rings. The zero-order chi connectivity index (χ0) is 20.3. The Kier molecular flexibility index (Phi) is 5.23. The van der Waals surface area contributed by atoms with E-state index in [0.29, 0.717) is 6.04 Å². The lowest BCUT2D eigenvalue weighted by molar-refractivity contribution is 0.209. The molecule has 2 aromatic heterocycles. The number of aromatic amines is 1. The van der Waals surface area contributed by atoms with E-state index in [1.165, 1.54) is 6.42 Å². The Bertz CT molecular complexity index is 1000. The van der Waals surface area contributed by atoms with E-state index in [2.05, 4.69) is 41.5 Å². The summed E-state index contributed by atoms with van der Waals surface area (Å²) in [7, 11) is 0. The molecular formula is C22H27N7O. The molecule has 0 spiro atoms. The van der Waals surface area contributed by atoms with Crippen LogP contribution in [0.2, 0.25) is 0 Å². The molecule has 1 unspecified atom stereocenters. The Balaban J connectivity index is 1.18. The molecule has 156 valence electrons. The van der Waals surface area contributed by atoms with Gasteiger partial charge in [-0.3, -0.25) is 4.90 Å². The fourth-order valence-corrected chi connectivity index (χ4v) is 4.67. The third-order valence-electron chi connectivity index (χ3n) is 6.13. The van der Waals surface area contributed by atoms with Gasteiger partial charge in [0.2, 0.25) is 0 Å². The molecule has 3 aromatic rings. The van der Waals surface area contributed by atoms with Crippen molar-refractivity contribution < 1.29 is 4.79 Å². The lowest BCUT2D eigenvalue weighted by atomic mass is 10.0. The number of rotatable bonds is 4. The van der Waals surface area contributed by atoms with E-state index in [1.807, 2.05) is 36.5 Å². The van der Waals surface area contributed by atoms with Crippen molar-refractivity contribution in [3.8, 4) is 0 Å². The van der Waals surface area contributed by atoms with Gasteiger partial charge in [0.05, 0.1) is 5.39 Å². The molecular weight excluding hydrogens is 378 g/mol. The maximum atomic E-state index is 12.3. The molecule has 2 amide bonds. The number of hydrogen-bond acceptors (Lipinski definition) is 5. The van der Waals surface area contributed by atoms with Crippen molar-refractivity contribution in [3.05, 3.63) is 48.9 Å². The molecule has 0 bridgehead atoms. The number of anilines is 2. The van der Waals surface area contributed by atoms with Crippen LogP contribution in [0.25, 0.3) is 11.0 Å². The first-order chi connectivity index (χ1) is 14.8. The predicted molar refractivity (Wildman–Crippen MR) is 118 cm³/mol. The lowest BCUT2D eigenvalue weighted by Gasteiger charge is -2.38. The van der Waals surface area contributed by atoms with E-state index < -0.39 is 0 Å². The third-order valence-corrected chi connectivity index (χ3v) is 6.13. The van der Waals surface area contributed by atoms with Gasteiger partial charge in [-0.1, -0.05) is 18.2 Å². The molecule has 1 aromatic carbocycles. The van der Waals surface area contributed by atoms with Crippen molar-refractivity contribution in [1.82, 2.24) is 25.2 Å². The SMILES string of the molecule is O=C(Nc1ccccc1)N[C@@H]1CCN(C2CCCN(c3ncnc4[nH]ccc34)C2)C1. The van der Waals surface area contributed by atoms with Crippen molar-refractivity contribution in [2.24, 2.45) is 0 Å². The molecule has 2 fully saturated rings. The van der Waals surface area contributed by atoms with Gasteiger partial charge in [0.1, 0.15) is 17.8 Å². The molecule has 0 saturated carbocycles. The van der Waals surface area contributed by atoms with Crippen LogP contribution in [0, 0.1) is 0 Å². The van der Waals surface area contributed by atoms with Crippen LogP contribution in [-0.2, 0) is 0 Å². The first-order valence-corrected chi connectivity index (χ1v) is 10.7. The number of nitrogens with one attached hydrogen (secondary N) is 3. The standard InChI is InChI=1S/C22H27N7O/c30-22(26-16-5-2-1-3-6-16)27-17-9-12-28(13-17)18-7-4-11-29(14-18)21-19-8-10-23-20(19)24-15-25-21/h1-3,5-6,8,10,15,17-18H,4,7,9,11-14H2,(H,23,24,25)(H2,26,27,30)/t17-,18?/m1/s1. The highest BCUT2D eigenvalue weighted by atomic mass is 16.2. The second kappa shape index (κ2) is 8.31. The van der Waals surface area contributed by atoms with Crippen LogP contribution in [0.4, 0.5) is 16.3 Å². The molecule has 8 nitrogen and oxygen atoms in total. The number of carbonyl (C=O) groups excluding carboxylic acids is 1. The summed E-state index contributed by atoms with van der Waals surface area (Å²) >= 11 is 0. The Hall–Kier alpha value is -3.13. The average molecular weight is 406 g/mol. The molecule has 3 N–H and O–H groups in total. The van der Waals surface area contributed by atoms with Crippen molar-refractivity contribution in [3.63, 3.8) is 0 Å². The van der Waals surface area contributed by atoms with Crippen molar-refractivity contribution >= 4 is 28.6 Å². The van der Waals surface area contributed by atoms with E-state index in [-0.39, 0.29) is 12.1 Å². The maximum Gasteiger partial charge on any atom is 0.319 e. The highest BCUT2D eigenvalue weighted by Gasteiger charge is 2.32. The summed E-state index contributed by atoms with van der Waals surface area (Å²) in [6.07, 6.45) is 6.86. The molecule has 0 aliphatic carbocycles. The van der Waals surface area contributed by atoms with Gasteiger partial charge >= 0.3 is 6.03 Å². The van der Waals surface area contributed by atoms with Crippen molar-refractivity contribution in [1.29, 1.82) is 0 Å². The number of hydrogen-bond donors (Lipinski definition) is 3. The van der Waals surface area contributed by atoms with E-state index in [9.17, 15) is 4.79 Å². The number of benzene rings is 1. The Labute approximate surface area is 175 Å². The number of piperidine rings is 1.